The Balaban J connectivity index is 1.58. The Kier molecular flexibility index (Phi) is 8.52. The average Bonchev–Trinajstić information content (AvgIpc) is 3.13. The number of guanidine groups is 1. The van der Waals surface area contributed by atoms with E-state index in [4.69, 9.17) is 4.74 Å². The van der Waals surface area contributed by atoms with Gasteiger partial charge in [0.15, 0.2) is 17.5 Å². The van der Waals surface area contributed by atoms with Crippen LogP contribution in [-0.4, -0.2) is 56.7 Å². The molecule has 5 nitrogen and oxygen atoms in total. The molecule has 1 aromatic carbocycles. The Bertz CT molecular complexity index is 532. The Morgan fingerprint density at radius 2 is 2.00 bits per heavy atom. The number of para-hydroxylation sites is 1. The van der Waals surface area contributed by atoms with Crippen molar-refractivity contribution in [3.8, 4) is 5.75 Å². The van der Waals surface area contributed by atoms with Crippen LogP contribution in [0.4, 0.5) is 4.39 Å². The zero-order valence-electron chi connectivity index (χ0n) is 15.4. The normalized spacial score (nSPS) is 16.7. The first kappa shape index (κ1) is 19.5. The average molecular weight is 350 g/mol. The third kappa shape index (κ3) is 7.30. The van der Waals surface area contributed by atoms with Gasteiger partial charge in [-0.2, -0.15) is 0 Å². The molecule has 1 aliphatic heterocycles. The number of unbranched alkanes of at least 4 members (excludes halogenated alkanes) is 1. The zero-order valence-corrected chi connectivity index (χ0v) is 15.4. The number of nitrogens with zero attached hydrogens (tertiary/aromatic N) is 2. The molecule has 0 aromatic heterocycles. The fourth-order valence-electron chi connectivity index (χ4n) is 2.93. The SMILES string of the molecule is CN=C(NCCCCN1CCCC1)NCC(C)Oc1ccccc1F. The van der Waals surface area contributed by atoms with Gasteiger partial charge in [-0.3, -0.25) is 4.99 Å². The van der Waals surface area contributed by atoms with Gasteiger partial charge in [-0.25, -0.2) is 4.39 Å². The minimum Gasteiger partial charge on any atom is -0.486 e. The van der Waals surface area contributed by atoms with E-state index in [2.05, 4.69) is 20.5 Å². The Hall–Kier alpha value is -1.82. The summed E-state index contributed by atoms with van der Waals surface area (Å²) in [4.78, 5) is 6.75. The standard InChI is InChI=1S/C19H31FN4O/c1-16(25-18-10-4-3-9-17(18)20)15-23-19(21-2)22-11-5-6-12-24-13-7-8-14-24/h3-4,9-10,16H,5-8,11-15H2,1-2H3,(H2,21,22,23). The summed E-state index contributed by atoms with van der Waals surface area (Å²) in [5, 5.41) is 6.54. The number of aliphatic imine (C=N–C) groups is 1. The lowest BCUT2D eigenvalue weighted by molar-refractivity contribution is 0.214. The van der Waals surface area contributed by atoms with Crippen LogP contribution in [0, 0.1) is 5.82 Å². The van der Waals surface area contributed by atoms with Gasteiger partial charge in [0.2, 0.25) is 0 Å². The van der Waals surface area contributed by atoms with Crippen LogP contribution in [0.3, 0.4) is 0 Å². The van der Waals surface area contributed by atoms with Crippen LogP contribution in [-0.2, 0) is 0 Å². The first-order valence-corrected chi connectivity index (χ1v) is 9.27. The van der Waals surface area contributed by atoms with Gasteiger partial charge in [0, 0.05) is 13.6 Å². The molecule has 25 heavy (non-hydrogen) atoms. The first-order valence-electron chi connectivity index (χ1n) is 9.27. The van der Waals surface area contributed by atoms with E-state index in [1.54, 1.807) is 25.2 Å². The number of nitrogens with one attached hydrogen (secondary N) is 2. The molecule has 0 saturated carbocycles. The molecule has 1 unspecified atom stereocenters. The van der Waals surface area contributed by atoms with E-state index < -0.39 is 0 Å². The summed E-state index contributed by atoms with van der Waals surface area (Å²) in [5.41, 5.74) is 0. The molecule has 1 atom stereocenters. The second kappa shape index (κ2) is 10.9. The minimum atomic E-state index is -0.338. The Morgan fingerprint density at radius 3 is 2.72 bits per heavy atom. The summed E-state index contributed by atoms with van der Waals surface area (Å²) in [6.07, 6.45) is 4.87. The molecule has 1 heterocycles. The lowest BCUT2D eigenvalue weighted by Gasteiger charge is -2.18. The number of halogens is 1. The van der Waals surface area contributed by atoms with Crippen LogP contribution in [0.15, 0.2) is 29.3 Å². The predicted molar refractivity (Wildman–Crippen MR) is 101 cm³/mol. The molecule has 6 heteroatoms. The summed E-state index contributed by atoms with van der Waals surface area (Å²) < 4.78 is 19.2. The summed E-state index contributed by atoms with van der Waals surface area (Å²) in [6.45, 7) is 7.08. The molecule has 1 saturated heterocycles. The maximum absolute atomic E-state index is 13.6. The smallest absolute Gasteiger partial charge is 0.191 e. The van der Waals surface area contributed by atoms with Crippen molar-refractivity contribution in [2.75, 3.05) is 39.8 Å². The highest BCUT2D eigenvalue weighted by Gasteiger charge is 2.11. The lowest BCUT2D eigenvalue weighted by atomic mass is 10.3. The Labute approximate surface area is 150 Å². The molecule has 0 radical (unpaired) electrons. The van der Waals surface area contributed by atoms with Crippen LogP contribution in [0.25, 0.3) is 0 Å². The summed E-state index contributed by atoms with van der Waals surface area (Å²) >= 11 is 0. The number of hydrogen-bond donors (Lipinski definition) is 2. The molecule has 1 aliphatic rings. The van der Waals surface area contributed by atoms with Crippen molar-refractivity contribution in [1.29, 1.82) is 0 Å². The summed E-state index contributed by atoms with van der Waals surface area (Å²) in [6, 6.07) is 6.46. The van der Waals surface area contributed by atoms with E-state index in [0.717, 1.165) is 18.9 Å². The minimum absolute atomic E-state index is 0.161. The molecule has 0 spiro atoms. The van der Waals surface area contributed by atoms with Gasteiger partial charge in [0.05, 0.1) is 6.54 Å². The maximum atomic E-state index is 13.6. The largest absolute Gasteiger partial charge is 0.486 e. The lowest BCUT2D eigenvalue weighted by Crippen LogP contribution is -2.42. The van der Waals surface area contributed by atoms with Crippen LogP contribution < -0.4 is 15.4 Å². The van der Waals surface area contributed by atoms with Gasteiger partial charge < -0.3 is 20.3 Å². The van der Waals surface area contributed by atoms with Crippen molar-refractivity contribution in [2.24, 2.45) is 4.99 Å². The van der Waals surface area contributed by atoms with Crippen molar-refractivity contribution in [3.63, 3.8) is 0 Å². The molecule has 140 valence electrons. The molecule has 0 aliphatic carbocycles. The topological polar surface area (TPSA) is 48.9 Å². The van der Waals surface area contributed by atoms with E-state index >= 15 is 0 Å². The molecule has 1 fully saturated rings. The highest BCUT2D eigenvalue weighted by molar-refractivity contribution is 5.79. The predicted octanol–water partition coefficient (Wildman–Crippen LogP) is 2.63. The van der Waals surface area contributed by atoms with Gasteiger partial charge in [-0.1, -0.05) is 12.1 Å². The van der Waals surface area contributed by atoms with E-state index in [1.807, 2.05) is 6.92 Å². The van der Waals surface area contributed by atoms with Crippen LogP contribution in [0.5, 0.6) is 5.75 Å². The highest BCUT2D eigenvalue weighted by Crippen LogP contribution is 2.16. The van der Waals surface area contributed by atoms with Crippen LogP contribution in [0.2, 0.25) is 0 Å². The maximum Gasteiger partial charge on any atom is 0.191 e. The van der Waals surface area contributed by atoms with Crippen molar-refractivity contribution in [3.05, 3.63) is 30.1 Å². The molecule has 1 aromatic rings. The zero-order chi connectivity index (χ0) is 17.9. The van der Waals surface area contributed by atoms with Gasteiger partial charge in [0.25, 0.3) is 0 Å². The van der Waals surface area contributed by atoms with Crippen molar-refractivity contribution >= 4 is 5.96 Å². The molecular weight excluding hydrogens is 319 g/mol. The Morgan fingerprint density at radius 1 is 1.24 bits per heavy atom. The van der Waals surface area contributed by atoms with Gasteiger partial charge in [0.1, 0.15) is 6.10 Å². The van der Waals surface area contributed by atoms with Gasteiger partial charge in [-0.15, -0.1) is 0 Å². The third-order valence-corrected chi connectivity index (χ3v) is 4.34. The van der Waals surface area contributed by atoms with E-state index in [0.29, 0.717) is 6.54 Å². The molecular formula is C19H31FN4O. The molecule has 2 N–H and O–H groups in total. The summed E-state index contributed by atoms with van der Waals surface area (Å²) in [5.74, 6) is 0.696. The highest BCUT2D eigenvalue weighted by atomic mass is 19.1. The quantitative estimate of drug-likeness (QED) is 0.408. The van der Waals surface area contributed by atoms with E-state index in [-0.39, 0.29) is 17.7 Å². The summed E-state index contributed by atoms with van der Waals surface area (Å²) in [7, 11) is 1.75. The number of rotatable bonds is 9. The van der Waals surface area contributed by atoms with E-state index in [9.17, 15) is 4.39 Å². The van der Waals surface area contributed by atoms with Crippen molar-refractivity contribution in [2.45, 2.75) is 38.7 Å². The van der Waals surface area contributed by atoms with E-state index in [1.165, 1.54) is 45.0 Å². The monoisotopic (exact) mass is 350 g/mol. The third-order valence-electron chi connectivity index (χ3n) is 4.34. The van der Waals surface area contributed by atoms with Crippen molar-refractivity contribution < 1.29 is 9.13 Å². The number of hydrogen-bond acceptors (Lipinski definition) is 3. The molecule has 0 bridgehead atoms. The second-order valence-corrected chi connectivity index (χ2v) is 6.49. The molecule has 0 amide bonds. The number of likely N-dealkylation sites (tertiary alicyclic amines) is 1. The fraction of sp³-hybridized carbons (Fsp3) is 0.632. The van der Waals surface area contributed by atoms with Gasteiger partial charge in [-0.05, 0) is 64.4 Å². The molecule has 2 rings (SSSR count). The van der Waals surface area contributed by atoms with Crippen molar-refractivity contribution in [1.82, 2.24) is 15.5 Å². The van der Waals surface area contributed by atoms with Crippen LogP contribution >= 0.6 is 0 Å². The number of benzene rings is 1. The van der Waals surface area contributed by atoms with Crippen LogP contribution in [0.1, 0.15) is 32.6 Å². The number of ether oxygens (including phenoxy) is 1. The first-order chi connectivity index (χ1) is 12.2. The second-order valence-electron chi connectivity index (χ2n) is 6.49. The fourth-order valence-corrected chi connectivity index (χ4v) is 2.93. The van der Waals surface area contributed by atoms with Gasteiger partial charge >= 0.3 is 0 Å².